The van der Waals surface area contributed by atoms with Gasteiger partial charge in [0.05, 0.1) is 44.7 Å². The highest BCUT2D eigenvalue weighted by molar-refractivity contribution is 5.80. The van der Waals surface area contributed by atoms with Crippen LogP contribution in [0.15, 0.2) is 24.5 Å². The highest BCUT2D eigenvalue weighted by Crippen LogP contribution is 2.51. The van der Waals surface area contributed by atoms with Gasteiger partial charge in [0.15, 0.2) is 5.79 Å². The molecule has 28 heavy (non-hydrogen) atoms. The van der Waals surface area contributed by atoms with Crippen molar-refractivity contribution in [1.82, 2.24) is 4.90 Å². The number of rotatable bonds is 4. The zero-order valence-corrected chi connectivity index (χ0v) is 17.1. The standard InChI is InChI=1S/C22H33NO5/c1-4-26-16(3)19-15(2)13-17-14-22(27-11-12-28-22)6-5-18(17)20(19)21(24)23-7-9-25-10-8-23/h4,13,15-16,18-20H,1,5-12,14H2,2-3H3/t15-,16?,18-,19+,20+/m1/s1. The van der Waals surface area contributed by atoms with Crippen molar-refractivity contribution >= 4 is 5.91 Å². The summed E-state index contributed by atoms with van der Waals surface area (Å²) in [4.78, 5) is 15.7. The average molecular weight is 392 g/mol. The molecule has 2 saturated heterocycles. The Bertz CT molecular complexity index is 620. The van der Waals surface area contributed by atoms with Crippen LogP contribution in [0.2, 0.25) is 0 Å². The van der Waals surface area contributed by atoms with Gasteiger partial charge in [-0.2, -0.15) is 0 Å². The van der Waals surface area contributed by atoms with Gasteiger partial charge in [-0.05, 0) is 25.2 Å². The van der Waals surface area contributed by atoms with E-state index in [-0.39, 0.29) is 35.7 Å². The minimum Gasteiger partial charge on any atom is -0.499 e. The number of allylic oxidation sites excluding steroid dienone is 1. The summed E-state index contributed by atoms with van der Waals surface area (Å²) >= 11 is 0. The zero-order chi connectivity index (χ0) is 19.7. The molecule has 1 saturated carbocycles. The molecule has 2 aliphatic carbocycles. The molecule has 2 aliphatic heterocycles. The number of hydrogen-bond acceptors (Lipinski definition) is 5. The number of carbonyl (C=O) groups excluding carboxylic acids is 1. The number of carbonyl (C=O) groups is 1. The number of amides is 1. The number of ether oxygens (including phenoxy) is 4. The summed E-state index contributed by atoms with van der Waals surface area (Å²) < 4.78 is 23.2. The van der Waals surface area contributed by atoms with Crippen molar-refractivity contribution in [2.24, 2.45) is 23.7 Å². The van der Waals surface area contributed by atoms with Gasteiger partial charge in [-0.25, -0.2) is 0 Å². The molecule has 3 fully saturated rings. The largest absolute Gasteiger partial charge is 0.499 e. The van der Waals surface area contributed by atoms with Gasteiger partial charge in [0.25, 0.3) is 0 Å². The lowest BCUT2D eigenvalue weighted by Crippen LogP contribution is -2.53. The maximum atomic E-state index is 13.7. The molecule has 6 nitrogen and oxygen atoms in total. The monoisotopic (exact) mass is 391 g/mol. The van der Waals surface area contributed by atoms with Crippen LogP contribution in [-0.4, -0.2) is 62.2 Å². The van der Waals surface area contributed by atoms with Crippen molar-refractivity contribution in [2.45, 2.75) is 45.0 Å². The second kappa shape index (κ2) is 8.17. The van der Waals surface area contributed by atoms with Gasteiger partial charge >= 0.3 is 0 Å². The van der Waals surface area contributed by atoms with E-state index in [0.29, 0.717) is 39.5 Å². The first kappa shape index (κ1) is 19.9. The maximum Gasteiger partial charge on any atom is 0.226 e. The molecule has 0 bridgehead atoms. The molecule has 0 aromatic carbocycles. The Labute approximate surface area is 167 Å². The fourth-order valence-electron chi connectivity index (χ4n) is 5.76. The lowest BCUT2D eigenvalue weighted by Gasteiger charge is -2.49. The van der Waals surface area contributed by atoms with Crippen LogP contribution in [0.4, 0.5) is 0 Å². The summed E-state index contributed by atoms with van der Waals surface area (Å²) in [6.07, 6.45) is 6.33. The van der Waals surface area contributed by atoms with E-state index in [1.165, 1.54) is 11.8 Å². The van der Waals surface area contributed by atoms with Crippen molar-refractivity contribution in [3.63, 3.8) is 0 Å². The van der Waals surface area contributed by atoms with E-state index in [9.17, 15) is 4.79 Å². The van der Waals surface area contributed by atoms with Crippen LogP contribution in [0.25, 0.3) is 0 Å². The molecule has 1 spiro atoms. The number of nitrogens with zero attached hydrogens (tertiary/aromatic N) is 1. The molecule has 6 heteroatoms. The first-order valence-electron chi connectivity index (χ1n) is 10.7. The molecular weight excluding hydrogens is 358 g/mol. The minimum absolute atomic E-state index is 0.0600. The summed E-state index contributed by atoms with van der Waals surface area (Å²) in [5.41, 5.74) is 1.33. The van der Waals surface area contributed by atoms with E-state index in [0.717, 1.165) is 19.3 Å². The van der Waals surface area contributed by atoms with Gasteiger partial charge in [-0.1, -0.05) is 25.2 Å². The van der Waals surface area contributed by atoms with Gasteiger partial charge in [0.1, 0.15) is 0 Å². The summed E-state index contributed by atoms with van der Waals surface area (Å²) in [7, 11) is 0. The van der Waals surface area contributed by atoms with Crippen LogP contribution in [-0.2, 0) is 23.7 Å². The molecule has 4 aliphatic rings. The van der Waals surface area contributed by atoms with Gasteiger partial charge in [0.2, 0.25) is 5.91 Å². The van der Waals surface area contributed by atoms with Crippen LogP contribution in [0.5, 0.6) is 0 Å². The van der Waals surface area contributed by atoms with Crippen LogP contribution < -0.4 is 0 Å². The smallest absolute Gasteiger partial charge is 0.226 e. The molecule has 156 valence electrons. The number of hydrogen-bond donors (Lipinski definition) is 0. The quantitative estimate of drug-likeness (QED) is 0.545. The van der Waals surface area contributed by atoms with E-state index < -0.39 is 5.79 Å². The molecule has 0 aromatic heterocycles. The lowest BCUT2D eigenvalue weighted by molar-refractivity contribution is -0.178. The highest BCUT2D eigenvalue weighted by atomic mass is 16.7. The third-order valence-corrected chi connectivity index (χ3v) is 6.99. The van der Waals surface area contributed by atoms with E-state index >= 15 is 0 Å². The van der Waals surface area contributed by atoms with Crippen LogP contribution in [0, 0.1) is 23.7 Å². The predicted octanol–water partition coefficient (Wildman–Crippen LogP) is 2.75. The van der Waals surface area contributed by atoms with Crippen LogP contribution >= 0.6 is 0 Å². The maximum absolute atomic E-state index is 13.7. The second-order valence-electron chi connectivity index (χ2n) is 8.58. The van der Waals surface area contributed by atoms with Crippen molar-refractivity contribution in [3.8, 4) is 0 Å². The molecule has 4 rings (SSSR count). The fraction of sp³-hybridized carbons (Fsp3) is 0.773. The van der Waals surface area contributed by atoms with Crippen molar-refractivity contribution < 1.29 is 23.7 Å². The van der Waals surface area contributed by atoms with Crippen molar-refractivity contribution in [3.05, 3.63) is 24.5 Å². The Balaban J connectivity index is 1.63. The average Bonchev–Trinajstić information content (AvgIpc) is 3.14. The summed E-state index contributed by atoms with van der Waals surface area (Å²) in [6.45, 7) is 11.9. The van der Waals surface area contributed by atoms with Gasteiger partial charge in [0, 0.05) is 31.8 Å². The second-order valence-corrected chi connectivity index (χ2v) is 8.58. The predicted molar refractivity (Wildman–Crippen MR) is 104 cm³/mol. The Morgan fingerprint density at radius 1 is 1.32 bits per heavy atom. The lowest BCUT2D eigenvalue weighted by atomic mass is 9.60. The molecule has 1 amide bonds. The number of morpholine rings is 1. The Morgan fingerprint density at radius 3 is 2.71 bits per heavy atom. The zero-order valence-electron chi connectivity index (χ0n) is 17.1. The van der Waals surface area contributed by atoms with E-state index in [4.69, 9.17) is 18.9 Å². The van der Waals surface area contributed by atoms with Crippen LogP contribution in [0.1, 0.15) is 33.1 Å². The van der Waals surface area contributed by atoms with E-state index in [1.54, 1.807) is 0 Å². The first-order valence-corrected chi connectivity index (χ1v) is 10.7. The topological polar surface area (TPSA) is 57.2 Å². The first-order chi connectivity index (χ1) is 13.5. The molecule has 0 radical (unpaired) electrons. The third-order valence-electron chi connectivity index (χ3n) is 6.99. The number of fused-ring (bicyclic) bond motifs is 1. The summed E-state index contributed by atoms with van der Waals surface area (Å²) in [5, 5.41) is 0. The SMILES string of the molecule is C=COC(C)[C@H]1[C@@H](C(=O)N2CCOCC2)[C@@H]2CCC3(CC2=C[C@H]1C)OCCO3. The van der Waals surface area contributed by atoms with Crippen molar-refractivity contribution in [1.29, 1.82) is 0 Å². The molecule has 0 aromatic rings. The Kier molecular flexibility index (Phi) is 5.81. The Morgan fingerprint density at radius 2 is 2.04 bits per heavy atom. The molecular formula is C22H33NO5. The molecule has 2 heterocycles. The van der Waals surface area contributed by atoms with Crippen molar-refractivity contribution in [2.75, 3.05) is 39.5 Å². The molecule has 1 unspecified atom stereocenters. The normalized spacial score (nSPS) is 35.8. The van der Waals surface area contributed by atoms with Gasteiger partial charge in [-0.3, -0.25) is 4.79 Å². The minimum atomic E-state index is -0.468. The van der Waals surface area contributed by atoms with Crippen LogP contribution in [0.3, 0.4) is 0 Å². The molecule has 0 N–H and O–H groups in total. The van der Waals surface area contributed by atoms with Gasteiger partial charge in [-0.15, -0.1) is 0 Å². The fourth-order valence-corrected chi connectivity index (χ4v) is 5.76. The Hall–Kier alpha value is -1.37. The van der Waals surface area contributed by atoms with Gasteiger partial charge < -0.3 is 23.8 Å². The molecule has 5 atom stereocenters. The highest BCUT2D eigenvalue weighted by Gasteiger charge is 2.52. The van der Waals surface area contributed by atoms with E-state index in [2.05, 4.69) is 26.5 Å². The summed E-state index contributed by atoms with van der Waals surface area (Å²) in [5.74, 6) is 0.298. The summed E-state index contributed by atoms with van der Waals surface area (Å²) in [6, 6.07) is 0. The third kappa shape index (κ3) is 3.62. The van der Waals surface area contributed by atoms with E-state index in [1.807, 2.05) is 4.90 Å².